The molecule has 0 saturated carbocycles. The Balaban J connectivity index is 3.32. The van der Waals surface area contributed by atoms with Crippen molar-refractivity contribution in [2.45, 2.75) is 9.10 Å². The van der Waals surface area contributed by atoms with Crippen LogP contribution in [0.15, 0.2) is 20.6 Å². The standard InChI is InChI=1S/C4H4O6S3/c5-12(6,7)3-1-4(11-2-3)13(8,9)10/h1-2H,(H,5,6,7)(H,8,9,10). The van der Waals surface area contributed by atoms with E-state index in [0.717, 1.165) is 5.38 Å². The SMILES string of the molecule is O=S(=O)(O)c1csc(S(=O)(=O)O)c1. The van der Waals surface area contributed by atoms with Crippen molar-refractivity contribution < 1.29 is 25.9 Å². The van der Waals surface area contributed by atoms with Crippen LogP contribution in [0.2, 0.25) is 0 Å². The van der Waals surface area contributed by atoms with Crippen molar-refractivity contribution in [3.8, 4) is 0 Å². The van der Waals surface area contributed by atoms with E-state index in [1.807, 2.05) is 0 Å². The van der Waals surface area contributed by atoms with Gasteiger partial charge in [-0.15, -0.1) is 11.3 Å². The maximum Gasteiger partial charge on any atom is 0.304 e. The Labute approximate surface area is 78.3 Å². The second-order valence-electron chi connectivity index (χ2n) is 2.05. The van der Waals surface area contributed by atoms with Crippen LogP contribution in [0.1, 0.15) is 0 Å². The molecule has 0 spiro atoms. The summed E-state index contributed by atoms with van der Waals surface area (Å²) in [5.41, 5.74) is 0. The van der Waals surface area contributed by atoms with E-state index >= 15 is 0 Å². The van der Waals surface area contributed by atoms with Crippen molar-refractivity contribution in [1.82, 2.24) is 0 Å². The normalized spacial score (nSPS) is 13.1. The van der Waals surface area contributed by atoms with Crippen LogP contribution in [0, 0.1) is 0 Å². The van der Waals surface area contributed by atoms with Gasteiger partial charge < -0.3 is 0 Å². The first-order chi connectivity index (χ1) is 5.71. The summed E-state index contributed by atoms with van der Waals surface area (Å²) < 4.78 is 58.3. The molecule has 9 heteroatoms. The molecule has 2 N–H and O–H groups in total. The molecule has 0 amide bonds. The molecule has 0 bridgehead atoms. The van der Waals surface area contributed by atoms with E-state index in [0.29, 0.717) is 17.4 Å². The lowest BCUT2D eigenvalue weighted by Crippen LogP contribution is -1.97. The molecule has 0 aliphatic carbocycles. The zero-order chi connectivity index (χ0) is 10.3. The Hall–Kier alpha value is -0.480. The van der Waals surface area contributed by atoms with Gasteiger partial charge in [0, 0.05) is 5.38 Å². The molecule has 0 fully saturated rings. The summed E-state index contributed by atoms with van der Waals surface area (Å²) in [5, 5.41) is 0.915. The highest BCUT2D eigenvalue weighted by Gasteiger charge is 2.18. The van der Waals surface area contributed by atoms with E-state index in [-0.39, 0.29) is 0 Å². The average molecular weight is 244 g/mol. The minimum absolute atomic E-state index is 0.506. The summed E-state index contributed by atoms with van der Waals surface area (Å²) in [6, 6.07) is 0.676. The van der Waals surface area contributed by atoms with Gasteiger partial charge >= 0.3 is 10.1 Å². The van der Waals surface area contributed by atoms with Gasteiger partial charge in [0.15, 0.2) is 0 Å². The Morgan fingerprint density at radius 1 is 1.08 bits per heavy atom. The predicted molar refractivity (Wildman–Crippen MR) is 43.9 cm³/mol. The molecule has 0 radical (unpaired) electrons. The molecule has 0 aliphatic rings. The molecular weight excluding hydrogens is 240 g/mol. The van der Waals surface area contributed by atoms with E-state index in [2.05, 4.69) is 0 Å². The summed E-state index contributed by atoms with van der Waals surface area (Å²) >= 11 is 0.506. The third kappa shape index (κ3) is 2.48. The van der Waals surface area contributed by atoms with Gasteiger partial charge in [-0.1, -0.05) is 0 Å². The van der Waals surface area contributed by atoms with Crippen LogP contribution in [-0.2, 0) is 20.2 Å². The van der Waals surface area contributed by atoms with Crippen molar-refractivity contribution in [2.24, 2.45) is 0 Å². The highest BCUT2D eigenvalue weighted by atomic mass is 32.3. The summed E-state index contributed by atoms with van der Waals surface area (Å²) in [5.74, 6) is 0. The van der Waals surface area contributed by atoms with Crippen molar-refractivity contribution in [3.05, 3.63) is 11.4 Å². The van der Waals surface area contributed by atoms with Gasteiger partial charge in [0.05, 0.1) is 0 Å². The van der Waals surface area contributed by atoms with Gasteiger partial charge in [-0.2, -0.15) is 16.8 Å². The zero-order valence-electron chi connectivity index (χ0n) is 5.91. The molecule has 0 saturated heterocycles. The van der Waals surface area contributed by atoms with Gasteiger partial charge in [0.1, 0.15) is 9.10 Å². The quantitative estimate of drug-likeness (QED) is 0.721. The fourth-order valence-corrected chi connectivity index (χ4v) is 3.02. The molecule has 13 heavy (non-hydrogen) atoms. The molecular formula is C4H4O6S3. The van der Waals surface area contributed by atoms with E-state index in [1.165, 1.54) is 0 Å². The van der Waals surface area contributed by atoms with Crippen LogP contribution in [-0.4, -0.2) is 25.9 Å². The van der Waals surface area contributed by atoms with E-state index < -0.39 is 29.3 Å². The van der Waals surface area contributed by atoms with Gasteiger partial charge in [0.2, 0.25) is 0 Å². The summed E-state index contributed by atoms with van der Waals surface area (Å²) in [6.45, 7) is 0. The highest BCUT2D eigenvalue weighted by Crippen LogP contribution is 2.22. The Kier molecular flexibility index (Phi) is 2.47. The fraction of sp³-hybridized carbons (Fsp3) is 0. The minimum atomic E-state index is -4.41. The third-order valence-corrected chi connectivity index (χ3v) is 4.35. The van der Waals surface area contributed by atoms with Crippen LogP contribution >= 0.6 is 11.3 Å². The maximum atomic E-state index is 10.5. The smallest absolute Gasteiger partial charge is 0.282 e. The van der Waals surface area contributed by atoms with E-state index in [4.69, 9.17) is 9.11 Å². The first-order valence-electron chi connectivity index (χ1n) is 2.75. The summed E-state index contributed by atoms with van der Waals surface area (Å²) in [4.78, 5) is -0.551. The van der Waals surface area contributed by atoms with E-state index in [9.17, 15) is 16.8 Å². The summed E-state index contributed by atoms with van der Waals surface area (Å²) in [7, 11) is -8.81. The van der Waals surface area contributed by atoms with Crippen LogP contribution in [0.4, 0.5) is 0 Å². The molecule has 1 aromatic rings. The number of thiophene rings is 1. The van der Waals surface area contributed by atoms with Gasteiger partial charge in [-0.05, 0) is 6.07 Å². The number of hydrogen-bond donors (Lipinski definition) is 2. The average Bonchev–Trinajstić information content (AvgIpc) is 2.28. The van der Waals surface area contributed by atoms with Crippen molar-refractivity contribution in [2.75, 3.05) is 0 Å². The lowest BCUT2D eigenvalue weighted by atomic mass is 10.7. The van der Waals surface area contributed by atoms with Crippen molar-refractivity contribution in [3.63, 3.8) is 0 Å². The fourth-order valence-electron chi connectivity index (χ4n) is 0.571. The minimum Gasteiger partial charge on any atom is -0.282 e. The van der Waals surface area contributed by atoms with Gasteiger partial charge in [0.25, 0.3) is 10.1 Å². The zero-order valence-corrected chi connectivity index (χ0v) is 8.36. The third-order valence-electron chi connectivity index (χ3n) is 1.10. The lowest BCUT2D eigenvalue weighted by molar-refractivity contribution is 0.483. The van der Waals surface area contributed by atoms with Crippen LogP contribution in [0.25, 0.3) is 0 Å². The first kappa shape index (κ1) is 10.6. The molecule has 0 aliphatic heterocycles. The molecule has 6 nitrogen and oxygen atoms in total. The molecule has 0 atom stereocenters. The predicted octanol–water partition coefficient (Wildman–Crippen LogP) is 0.242. The van der Waals surface area contributed by atoms with Crippen LogP contribution in [0.5, 0.6) is 0 Å². The van der Waals surface area contributed by atoms with Gasteiger partial charge in [-0.25, -0.2) is 0 Å². The van der Waals surface area contributed by atoms with Crippen LogP contribution < -0.4 is 0 Å². The van der Waals surface area contributed by atoms with Gasteiger partial charge in [-0.3, -0.25) is 9.11 Å². The molecule has 1 aromatic heterocycles. The number of hydrogen-bond acceptors (Lipinski definition) is 5. The molecule has 0 aromatic carbocycles. The largest absolute Gasteiger partial charge is 0.304 e. The highest BCUT2D eigenvalue weighted by molar-refractivity contribution is 7.88. The second kappa shape index (κ2) is 3.03. The van der Waals surface area contributed by atoms with Crippen molar-refractivity contribution >= 4 is 31.6 Å². The monoisotopic (exact) mass is 244 g/mol. The van der Waals surface area contributed by atoms with Crippen molar-refractivity contribution in [1.29, 1.82) is 0 Å². The van der Waals surface area contributed by atoms with Crippen LogP contribution in [0.3, 0.4) is 0 Å². The molecule has 0 unspecified atom stereocenters. The Bertz CT molecular complexity index is 459. The lowest BCUT2D eigenvalue weighted by Gasteiger charge is -1.88. The number of rotatable bonds is 2. The first-order valence-corrected chi connectivity index (χ1v) is 6.51. The molecule has 1 rings (SSSR count). The topological polar surface area (TPSA) is 109 Å². The maximum absolute atomic E-state index is 10.5. The molecule has 1 heterocycles. The second-order valence-corrected chi connectivity index (χ2v) is 6.03. The summed E-state index contributed by atoms with van der Waals surface area (Å²) in [6.07, 6.45) is 0. The Morgan fingerprint density at radius 2 is 1.62 bits per heavy atom. The molecule has 74 valence electrons. The van der Waals surface area contributed by atoms with E-state index in [1.54, 1.807) is 0 Å². The Morgan fingerprint density at radius 3 is 1.85 bits per heavy atom.